The van der Waals surface area contributed by atoms with Crippen LogP contribution >= 0.6 is 11.8 Å². The van der Waals surface area contributed by atoms with E-state index >= 15 is 0 Å². The molecule has 0 radical (unpaired) electrons. The molecule has 1 nitrogen and oxygen atoms in total. The SMILES string of the molecule is Cc1cc(F)ccc1CNC1CCSC1. The van der Waals surface area contributed by atoms with Crippen molar-refractivity contribution in [1.29, 1.82) is 0 Å². The maximum Gasteiger partial charge on any atom is 0.123 e. The number of nitrogens with one attached hydrogen (secondary N) is 1. The molecule has 2 rings (SSSR count). The van der Waals surface area contributed by atoms with Crippen LogP contribution in [-0.4, -0.2) is 17.5 Å². The number of benzene rings is 1. The minimum absolute atomic E-state index is 0.146. The van der Waals surface area contributed by atoms with Crippen molar-refractivity contribution in [2.45, 2.75) is 25.9 Å². The van der Waals surface area contributed by atoms with Gasteiger partial charge in [0.1, 0.15) is 5.82 Å². The molecule has 1 N–H and O–H groups in total. The first-order valence-corrected chi connectivity index (χ1v) is 6.47. The van der Waals surface area contributed by atoms with E-state index in [4.69, 9.17) is 0 Å². The largest absolute Gasteiger partial charge is 0.309 e. The first-order valence-electron chi connectivity index (χ1n) is 5.32. The standard InChI is InChI=1S/C12H16FNS/c1-9-6-11(13)3-2-10(9)7-14-12-4-5-15-8-12/h2-3,6,12,14H,4-5,7-8H2,1H3. The summed E-state index contributed by atoms with van der Waals surface area (Å²) in [4.78, 5) is 0. The van der Waals surface area contributed by atoms with Crippen LogP contribution in [0.1, 0.15) is 17.5 Å². The molecule has 1 aromatic carbocycles. The van der Waals surface area contributed by atoms with Gasteiger partial charge >= 0.3 is 0 Å². The molecule has 3 heteroatoms. The van der Waals surface area contributed by atoms with Crippen LogP contribution in [0.3, 0.4) is 0 Å². The van der Waals surface area contributed by atoms with E-state index < -0.39 is 0 Å². The molecular formula is C12H16FNS. The molecule has 1 heterocycles. The fourth-order valence-electron chi connectivity index (χ4n) is 1.81. The maximum absolute atomic E-state index is 12.9. The summed E-state index contributed by atoms with van der Waals surface area (Å²) in [5.74, 6) is 2.33. The van der Waals surface area contributed by atoms with Crippen molar-refractivity contribution in [3.8, 4) is 0 Å². The van der Waals surface area contributed by atoms with Crippen molar-refractivity contribution < 1.29 is 4.39 Å². The Bertz CT molecular complexity index is 334. The second-order valence-electron chi connectivity index (χ2n) is 4.01. The van der Waals surface area contributed by atoms with Crippen molar-refractivity contribution in [3.63, 3.8) is 0 Å². The van der Waals surface area contributed by atoms with Crippen LogP contribution in [0.4, 0.5) is 4.39 Å². The lowest BCUT2D eigenvalue weighted by Crippen LogP contribution is -2.28. The van der Waals surface area contributed by atoms with Crippen LogP contribution in [0.15, 0.2) is 18.2 Å². The van der Waals surface area contributed by atoms with E-state index in [-0.39, 0.29) is 5.82 Å². The van der Waals surface area contributed by atoms with Gasteiger partial charge in [-0.3, -0.25) is 0 Å². The number of rotatable bonds is 3. The summed E-state index contributed by atoms with van der Waals surface area (Å²) in [5, 5.41) is 3.51. The summed E-state index contributed by atoms with van der Waals surface area (Å²) in [5.41, 5.74) is 2.24. The second kappa shape index (κ2) is 4.99. The van der Waals surface area contributed by atoms with Gasteiger partial charge in [-0.1, -0.05) is 6.07 Å². The van der Waals surface area contributed by atoms with Crippen molar-refractivity contribution >= 4 is 11.8 Å². The molecule has 0 bridgehead atoms. The number of thioether (sulfide) groups is 1. The molecule has 0 aromatic heterocycles. The van der Waals surface area contributed by atoms with E-state index in [0.717, 1.165) is 12.1 Å². The number of halogens is 1. The molecular weight excluding hydrogens is 209 g/mol. The van der Waals surface area contributed by atoms with Gasteiger partial charge in [0.2, 0.25) is 0 Å². The van der Waals surface area contributed by atoms with Crippen LogP contribution in [0.5, 0.6) is 0 Å². The Labute approximate surface area is 94.5 Å². The average Bonchev–Trinajstić information content (AvgIpc) is 2.69. The average molecular weight is 225 g/mol. The summed E-state index contributed by atoms with van der Waals surface area (Å²) in [6.45, 7) is 2.82. The Morgan fingerprint density at radius 2 is 2.40 bits per heavy atom. The van der Waals surface area contributed by atoms with Crippen LogP contribution < -0.4 is 5.32 Å². The van der Waals surface area contributed by atoms with E-state index in [1.165, 1.54) is 29.6 Å². The molecule has 1 aliphatic heterocycles. The monoisotopic (exact) mass is 225 g/mol. The quantitative estimate of drug-likeness (QED) is 0.849. The third kappa shape index (κ3) is 2.95. The first-order chi connectivity index (χ1) is 7.25. The molecule has 0 saturated carbocycles. The van der Waals surface area contributed by atoms with Gasteiger partial charge < -0.3 is 5.32 Å². The maximum atomic E-state index is 12.9. The highest BCUT2D eigenvalue weighted by atomic mass is 32.2. The van der Waals surface area contributed by atoms with Crippen LogP contribution in [0.25, 0.3) is 0 Å². The Hall–Kier alpha value is -0.540. The zero-order valence-electron chi connectivity index (χ0n) is 8.92. The van der Waals surface area contributed by atoms with Crippen LogP contribution in [0.2, 0.25) is 0 Å². The van der Waals surface area contributed by atoms with Gasteiger partial charge in [0.15, 0.2) is 0 Å². The van der Waals surface area contributed by atoms with Crippen molar-refractivity contribution in [3.05, 3.63) is 35.1 Å². The van der Waals surface area contributed by atoms with Crippen LogP contribution in [-0.2, 0) is 6.54 Å². The van der Waals surface area contributed by atoms with Gasteiger partial charge in [0.25, 0.3) is 0 Å². The lowest BCUT2D eigenvalue weighted by Gasteiger charge is -2.12. The zero-order valence-corrected chi connectivity index (χ0v) is 9.74. The molecule has 1 atom stereocenters. The number of hydrogen-bond acceptors (Lipinski definition) is 2. The van der Waals surface area contributed by atoms with Gasteiger partial charge in [-0.15, -0.1) is 0 Å². The van der Waals surface area contributed by atoms with E-state index in [1.54, 1.807) is 6.07 Å². The lowest BCUT2D eigenvalue weighted by molar-refractivity contribution is 0.555. The Kier molecular flexibility index (Phi) is 3.65. The van der Waals surface area contributed by atoms with E-state index in [0.29, 0.717) is 6.04 Å². The fourth-order valence-corrected chi connectivity index (χ4v) is 2.99. The van der Waals surface area contributed by atoms with E-state index in [2.05, 4.69) is 5.32 Å². The van der Waals surface area contributed by atoms with Crippen LogP contribution in [0, 0.1) is 12.7 Å². The highest BCUT2D eigenvalue weighted by Gasteiger charge is 2.14. The molecule has 0 aliphatic carbocycles. The highest BCUT2D eigenvalue weighted by Crippen LogP contribution is 2.18. The summed E-state index contributed by atoms with van der Waals surface area (Å²) in [6.07, 6.45) is 1.25. The Morgan fingerprint density at radius 3 is 3.07 bits per heavy atom. The second-order valence-corrected chi connectivity index (χ2v) is 5.16. The molecule has 1 saturated heterocycles. The molecule has 0 amide bonds. The van der Waals surface area contributed by atoms with Gasteiger partial charge in [0.05, 0.1) is 0 Å². The minimum Gasteiger partial charge on any atom is -0.309 e. The third-order valence-corrected chi connectivity index (χ3v) is 3.98. The molecule has 0 spiro atoms. The molecule has 15 heavy (non-hydrogen) atoms. The Balaban J connectivity index is 1.92. The van der Waals surface area contributed by atoms with E-state index in [1.807, 2.05) is 24.8 Å². The summed E-state index contributed by atoms with van der Waals surface area (Å²) < 4.78 is 12.9. The summed E-state index contributed by atoms with van der Waals surface area (Å²) in [7, 11) is 0. The minimum atomic E-state index is -0.146. The predicted octanol–water partition coefficient (Wildman–Crippen LogP) is 2.73. The van der Waals surface area contributed by atoms with Gasteiger partial charge in [0, 0.05) is 18.3 Å². The highest BCUT2D eigenvalue weighted by molar-refractivity contribution is 7.99. The number of hydrogen-bond donors (Lipinski definition) is 1. The predicted molar refractivity (Wildman–Crippen MR) is 63.7 cm³/mol. The van der Waals surface area contributed by atoms with Crippen molar-refractivity contribution in [2.24, 2.45) is 0 Å². The third-order valence-electron chi connectivity index (χ3n) is 2.82. The molecule has 1 aliphatic rings. The topological polar surface area (TPSA) is 12.0 Å². The van der Waals surface area contributed by atoms with E-state index in [9.17, 15) is 4.39 Å². The zero-order chi connectivity index (χ0) is 10.7. The molecule has 82 valence electrons. The summed E-state index contributed by atoms with van der Waals surface area (Å²) >= 11 is 2.00. The van der Waals surface area contributed by atoms with Crippen molar-refractivity contribution in [2.75, 3.05) is 11.5 Å². The first kappa shape index (κ1) is 11.0. The fraction of sp³-hybridized carbons (Fsp3) is 0.500. The van der Waals surface area contributed by atoms with Gasteiger partial charge in [-0.25, -0.2) is 4.39 Å². The van der Waals surface area contributed by atoms with Crippen molar-refractivity contribution in [1.82, 2.24) is 5.32 Å². The Morgan fingerprint density at radius 1 is 1.53 bits per heavy atom. The molecule has 1 fully saturated rings. The lowest BCUT2D eigenvalue weighted by atomic mass is 10.1. The smallest absolute Gasteiger partial charge is 0.123 e. The normalized spacial score (nSPS) is 20.8. The summed E-state index contributed by atoms with van der Waals surface area (Å²) in [6, 6.07) is 5.65. The molecule has 1 unspecified atom stereocenters. The number of aryl methyl sites for hydroxylation is 1. The molecule has 1 aromatic rings. The van der Waals surface area contributed by atoms with Gasteiger partial charge in [-0.05, 0) is 42.4 Å². The van der Waals surface area contributed by atoms with Gasteiger partial charge in [-0.2, -0.15) is 11.8 Å².